The number of benzene rings is 1. The summed E-state index contributed by atoms with van der Waals surface area (Å²) >= 11 is 0. The third kappa shape index (κ3) is 5.30. The average Bonchev–Trinajstić information content (AvgIpc) is 2.55. The van der Waals surface area contributed by atoms with E-state index in [1.165, 1.54) is 6.42 Å². The largest absolute Gasteiger partial charge is 0.354 e. The van der Waals surface area contributed by atoms with Crippen molar-refractivity contribution in [3.63, 3.8) is 0 Å². The highest BCUT2D eigenvalue weighted by molar-refractivity contribution is 7.90. The molecular formula is C20H32N2O2S. The van der Waals surface area contributed by atoms with Gasteiger partial charge in [-0.15, -0.1) is 4.40 Å². The van der Waals surface area contributed by atoms with Crippen molar-refractivity contribution >= 4 is 15.9 Å². The zero-order valence-corrected chi connectivity index (χ0v) is 16.8. The maximum Gasteiger partial charge on any atom is 0.283 e. The van der Waals surface area contributed by atoms with Crippen LogP contribution in [0, 0.1) is 6.92 Å². The molecule has 0 amide bonds. The van der Waals surface area contributed by atoms with E-state index in [4.69, 9.17) is 0 Å². The number of aryl methyl sites for hydroxylation is 1. The predicted octanol–water partition coefficient (Wildman–Crippen LogP) is 4.93. The summed E-state index contributed by atoms with van der Waals surface area (Å²) in [5.41, 5.74) is 1.05. The molecule has 1 aromatic rings. The van der Waals surface area contributed by atoms with Crippen LogP contribution < -0.4 is 0 Å². The third-order valence-electron chi connectivity index (χ3n) is 5.04. The van der Waals surface area contributed by atoms with Crippen molar-refractivity contribution in [2.75, 3.05) is 0 Å². The first-order valence-electron chi connectivity index (χ1n) is 9.54. The lowest BCUT2D eigenvalue weighted by atomic mass is 9.96. The van der Waals surface area contributed by atoms with E-state index in [1.807, 2.05) is 19.1 Å². The molecule has 0 saturated carbocycles. The molecule has 1 aliphatic rings. The standard InChI is InChI=1S/C20H32N2O2S/c1-5-6-7-11-20(22-17(3)9-8-10-18(22)4)21-25(23,24)19-14-12-16(2)13-15-19/h12-15,17-18H,5-11H2,1-4H3/b21-20+/t17-,18+. The molecule has 0 spiro atoms. The Morgan fingerprint density at radius 3 is 2.28 bits per heavy atom. The number of amidine groups is 1. The molecule has 0 aromatic heterocycles. The third-order valence-corrected chi connectivity index (χ3v) is 6.36. The molecule has 1 saturated heterocycles. The highest BCUT2D eigenvalue weighted by atomic mass is 32.2. The topological polar surface area (TPSA) is 49.7 Å². The van der Waals surface area contributed by atoms with Crippen molar-refractivity contribution in [1.29, 1.82) is 0 Å². The molecule has 0 bridgehead atoms. The van der Waals surface area contributed by atoms with Crippen molar-refractivity contribution in [2.24, 2.45) is 4.40 Å². The van der Waals surface area contributed by atoms with Crippen molar-refractivity contribution in [2.45, 2.75) is 89.6 Å². The minimum atomic E-state index is -3.66. The Morgan fingerprint density at radius 2 is 1.72 bits per heavy atom. The first kappa shape index (κ1) is 20.0. The summed E-state index contributed by atoms with van der Waals surface area (Å²) in [5, 5.41) is 0. The van der Waals surface area contributed by atoms with E-state index in [0.29, 0.717) is 12.1 Å². The highest BCUT2D eigenvalue weighted by Gasteiger charge is 2.28. The number of sulfonamides is 1. The fraction of sp³-hybridized carbons (Fsp3) is 0.650. The molecule has 2 atom stereocenters. The Bertz CT molecular complexity index is 670. The lowest BCUT2D eigenvalue weighted by molar-refractivity contribution is 0.187. The smallest absolute Gasteiger partial charge is 0.283 e. The van der Waals surface area contributed by atoms with Gasteiger partial charge in [0.2, 0.25) is 0 Å². The Morgan fingerprint density at radius 1 is 1.12 bits per heavy atom. The first-order chi connectivity index (χ1) is 11.8. The van der Waals surface area contributed by atoms with Gasteiger partial charge in [-0.05, 0) is 58.6 Å². The van der Waals surface area contributed by atoms with E-state index in [9.17, 15) is 8.42 Å². The lowest BCUT2D eigenvalue weighted by Crippen LogP contribution is -2.47. The monoisotopic (exact) mass is 364 g/mol. The fourth-order valence-electron chi connectivity index (χ4n) is 3.59. The molecule has 0 unspecified atom stereocenters. The number of unbranched alkanes of at least 4 members (excludes halogenated alkanes) is 2. The second-order valence-electron chi connectivity index (χ2n) is 7.29. The summed E-state index contributed by atoms with van der Waals surface area (Å²) in [6.07, 6.45) is 7.32. The van der Waals surface area contributed by atoms with Gasteiger partial charge in [0.1, 0.15) is 5.84 Å². The van der Waals surface area contributed by atoms with Gasteiger partial charge in [-0.1, -0.05) is 37.5 Å². The maximum absolute atomic E-state index is 12.8. The molecule has 140 valence electrons. The Kier molecular flexibility index (Phi) is 7.05. The maximum atomic E-state index is 12.8. The zero-order chi connectivity index (χ0) is 18.4. The molecule has 1 aromatic carbocycles. The minimum Gasteiger partial charge on any atom is -0.354 e. The van der Waals surface area contributed by atoms with Gasteiger partial charge in [-0.2, -0.15) is 8.42 Å². The number of nitrogens with zero attached hydrogens (tertiary/aromatic N) is 2. The quantitative estimate of drug-likeness (QED) is 0.409. The van der Waals surface area contributed by atoms with Gasteiger partial charge in [0, 0.05) is 18.5 Å². The Hall–Kier alpha value is -1.36. The molecule has 25 heavy (non-hydrogen) atoms. The molecule has 1 aliphatic heterocycles. The number of piperidine rings is 1. The van der Waals surface area contributed by atoms with Crippen LogP contribution in [0.3, 0.4) is 0 Å². The van der Waals surface area contributed by atoms with E-state index in [2.05, 4.69) is 30.1 Å². The molecule has 2 rings (SSSR count). The summed E-state index contributed by atoms with van der Waals surface area (Å²) in [4.78, 5) is 2.54. The van der Waals surface area contributed by atoms with Crippen LogP contribution in [0.25, 0.3) is 0 Å². The summed E-state index contributed by atoms with van der Waals surface area (Å²) in [7, 11) is -3.66. The van der Waals surface area contributed by atoms with Gasteiger partial charge in [-0.25, -0.2) is 0 Å². The molecule has 0 aliphatic carbocycles. The van der Waals surface area contributed by atoms with Crippen molar-refractivity contribution in [1.82, 2.24) is 4.90 Å². The van der Waals surface area contributed by atoms with Crippen molar-refractivity contribution in [3.8, 4) is 0 Å². The van der Waals surface area contributed by atoms with Gasteiger partial charge >= 0.3 is 0 Å². The van der Waals surface area contributed by atoms with Crippen LogP contribution in [-0.2, 0) is 10.0 Å². The van der Waals surface area contributed by atoms with E-state index in [1.54, 1.807) is 12.1 Å². The van der Waals surface area contributed by atoms with Gasteiger partial charge in [0.05, 0.1) is 4.90 Å². The second kappa shape index (κ2) is 8.84. The van der Waals surface area contributed by atoms with E-state index in [-0.39, 0.29) is 4.90 Å². The number of rotatable bonds is 6. The molecule has 1 heterocycles. The molecule has 0 radical (unpaired) electrons. The fourth-order valence-corrected chi connectivity index (χ4v) is 4.64. The number of likely N-dealkylation sites (tertiary alicyclic amines) is 1. The van der Waals surface area contributed by atoms with Gasteiger partial charge < -0.3 is 4.90 Å². The number of hydrogen-bond donors (Lipinski definition) is 0. The van der Waals surface area contributed by atoms with Crippen LogP contribution >= 0.6 is 0 Å². The Balaban J connectivity index is 2.35. The van der Waals surface area contributed by atoms with Crippen LogP contribution in [0.4, 0.5) is 0 Å². The van der Waals surface area contributed by atoms with Crippen molar-refractivity contribution in [3.05, 3.63) is 29.8 Å². The summed E-state index contributed by atoms with van der Waals surface area (Å²) in [6.45, 7) is 8.48. The van der Waals surface area contributed by atoms with Crippen LogP contribution in [0.15, 0.2) is 33.6 Å². The summed E-state index contributed by atoms with van der Waals surface area (Å²) < 4.78 is 30.0. The van der Waals surface area contributed by atoms with Crippen LogP contribution in [0.5, 0.6) is 0 Å². The van der Waals surface area contributed by atoms with Crippen molar-refractivity contribution < 1.29 is 8.42 Å². The Labute approximate surface area is 153 Å². The first-order valence-corrected chi connectivity index (χ1v) is 11.0. The SMILES string of the molecule is CCCCC/C(=N\S(=O)(=O)c1ccc(C)cc1)N1[C@H](C)CCC[C@@H]1C. The van der Waals surface area contributed by atoms with Crippen LogP contribution in [0.2, 0.25) is 0 Å². The lowest BCUT2D eigenvalue weighted by Gasteiger charge is -2.41. The van der Waals surface area contributed by atoms with E-state index < -0.39 is 10.0 Å². The molecule has 1 fully saturated rings. The van der Waals surface area contributed by atoms with E-state index >= 15 is 0 Å². The zero-order valence-electron chi connectivity index (χ0n) is 16.0. The predicted molar refractivity (Wildman–Crippen MR) is 105 cm³/mol. The minimum absolute atomic E-state index is 0.281. The van der Waals surface area contributed by atoms with Gasteiger partial charge in [0.15, 0.2) is 0 Å². The number of hydrogen-bond acceptors (Lipinski definition) is 2. The van der Waals surface area contributed by atoms with Gasteiger partial charge in [0.25, 0.3) is 10.0 Å². The second-order valence-corrected chi connectivity index (χ2v) is 8.89. The van der Waals surface area contributed by atoms with Crippen LogP contribution in [0.1, 0.15) is 71.3 Å². The van der Waals surface area contributed by atoms with Crippen LogP contribution in [-0.4, -0.2) is 31.2 Å². The van der Waals surface area contributed by atoms with Gasteiger partial charge in [-0.3, -0.25) is 0 Å². The summed E-state index contributed by atoms with van der Waals surface area (Å²) in [5.74, 6) is 0.744. The molecule has 5 heteroatoms. The normalized spacial score (nSPS) is 22.2. The summed E-state index contributed by atoms with van der Waals surface area (Å²) in [6, 6.07) is 7.65. The molecule has 0 N–H and O–H groups in total. The average molecular weight is 365 g/mol. The van der Waals surface area contributed by atoms with E-state index in [0.717, 1.165) is 49.9 Å². The molecule has 4 nitrogen and oxygen atoms in total. The molecular weight excluding hydrogens is 332 g/mol. The highest BCUT2D eigenvalue weighted by Crippen LogP contribution is 2.26.